The molecule has 2 N–H and O–H groups in total. The molecule has 0 amide bonds. The first-order chi connectivity index (χ1) is 10.3. The van der Waals surface area contributed by atoms with Crippen molar-refractivity contribution in [2.45, 2.75) is 32.2 Å². The topological polar surface area (TPSA) is 62.5 Å². The maximum atomic E-state index is 11.3. The SMILES string of the molecule is O=C(O)c1oc2ccccc2c1CNCCC1=CCCC1. The average Bonchev–Trinajstić information content (AvgIpc) is 3.11. The number of carboxylic acid groups (broad SMARTS) is 1. The van der Waals surface area contributed by atoms with E-state index >= 15 is 0 Å². The average molecular weight is 285 g/mol. The van der Waals surface area contributed by atoms with E-state index in [1.54, 1.807) is 6.07 Å². The summed E-state index contributed by atoms with van der Waals surface area (Å²) in [6, 6.07) is 7.45. The highest BCUT2D eigenvalue weighted by molar-refractivity contribution is 5.95. The van der Waals surface area contributed by atoms with E-state index in [9.17, 15) is 9.90 Å². The third kappa shape index (κ3) is 3.00. The maximum Gasteiger partial charge on any atom is 0.372 e. The molecule has 0 bridgehead atoms. The van der Waals surface area contributed by atoms with Gasteiger partial charge in [0.15, 0.2) is 0 Å². The van der Waals surface area contributed by atoms with Gasteiger partial charge in [0.25, 0.3) is 0 Å². The summed E-state index contributed by atoms with van der Waals surface area (Å²) in [7, 11) is 0. The van der Waals surface area contributed by atoms with Crippen molar-refractivity contribution in [2.24, 2.45) is 0 Å². The number of allylic oxidation sites excluding steroid dienone is 1. The zero-order valence-electron chi connectivity index (χ0n) is 11.9. The summed E-state index contributed by atoms with van der Waals surface area (Å²) in [5, 5.41) is 13.5. The Morgan fingerprint density at radius 3 is 2.95 bits per heavy atom. The molecule has 4 nitrogen and oxygen atoms in total. The van der Waals surface area contributed by atoms with Crippen molar-refractivity contribution in [1.29, 1.82) is 0 Å². The van der Waals surface area contributed by atoms with Gasteiger partial charge in [0.2, 0.25) is 5.76 Å². The third-order valence-corrected chi connectivity index (χ3v) is 3.95. The first-order valence-corrected chi connectivity index (χ1v) is 7.38. The van der Waals surface area contributed by atoms with Gasteiger partial charge in [0, 0.05) is 17.5 Å². The molecule has 1 heterocycles. The Labute approximate surface area is 123 Å². The van der Waals surface area contributed by atoms with Crippen LogP contribution in [0.1, 0.15) is 41.8 Å². The highest BCUT2D eigenvalue weighted by atomic mass is 16.4. The van der Waals surface area contributed by atoms with Crippen LogP contribution in [0, 0.1) is 0 Å². The Bertz CT molecular complexity index is 684. The number of hydrogen-bond donors (Lipinski definition) is 2. The van der Waals surface area contributed by atoms with Gasteiger partial charge in [-0.25, -0.2) is 4.79 Å². The molecule has 1 aliphatic carbocycles. The second-order valence-corrected chi connectivity index (χ2v) is 5.39. The van der Waals surface area contributed by atoms with E-state index in [4.69, 9.17) is 4.42 Å². The number of rotatable bonds is 6. The Morgan fingerprint density at radius 2 is 2.19 bits per heavy atom. The molecule has 0 radical (unpaired) electrons. The van der Waals surface area contributed by atoms with Crippen LogP contribution in [0.25, 0.3) is 11.0 Å². The van der Waals surface area contributed by atoms with Crippen molar-refractivity contribution in [3.63, 3.8) is 0 Å². The van der Waals surface area contributed by atoms with Gasteiger partial charge in [-0.3, -0.25) is 0 Å². The minimum absolute atomic E-state index is 0.0452. The Morgan fingerprint density at radius 1 is 1.33 bits per heavy atom. The van der Waals surface area contributed by atoms with E-state index < -0.39 is 5.97 Å². The molecule has 0 fully saturated rings. The number of carboxylic acids is 1. The van der Waals surface area contributed by atoms with Gasteiger partial charge in [-0.1, -0.05) is 29.8 Å². The number of nitrogens with one attached hydrogen (secondary N) is 1. The Kier molecular flexibility index (Phi) is 4.06. The molecular formula is C17H19NO3. The molecule has 3 rings (SSSR count). The molecular weight excluding hydrogens is 266 g/mol. The quantitative estimate of drug-likeness (QED) is 0.627. The molecule has 4 heteroatoms. The maximum absolute atomic E-state index is 11.3. The summed E-state index contributed by atoms with van der Waals surface area (Å²) in [6.45, 7) is 1.39. The first kappa shape index (κ1) is 13.9. The van der Waals surface area contributed by atoms with E-state index in [1.807, 2.05) is 18.2 Å². The molecule has 0 saturated carbocycles. The summed E-state index contributed by atoms with van der Waals surface area (Å²) < 4.78 is 5.44. The largest absolute Gasteiger partial charge is 0.475 e. The molecule has 0 spiro atoms. The van der Waals surface area contributed by atoms with E-state index in [1.165, 1.54) is 24.8 Å². The predicted molar refractivity (Wildman–Crippen MR) is 81.4 cm³/mol. The Hall–Kier alpha value is -2.07. The van der Waals surface area contributed by atoms with Gasteiger partial charge < -0.3 is 14.8 Å². The number of para-hydroxylation sites is 1. The normalized spacial score (nSPS) is 14.6. The third-order valence-electron chi connectivity index (χ3n) is 3.95. The van der Waals surface area contributed by atoms with Crippen LogP contribution in [0.5, 0.6) is 0 Å². The van der Waals surface area contributed by atoms with Crippen molar-refractivity contribution < 1.29 is 14.3 Å². The fraction of sp³-hybridized carbons (Fsp3) is 0.353. The monoisotopic (exact) mass is 285 g/mol. The molecule has 1 aromatic heterocycles. The van der Waals surface area contributed by atoms with E-state index in [0.717, 1.165) is 23.9 Å². The fourth-order valence-corrected chi connectivity index (χ4v) is 2.87. The summed E-state index contributed by atoms with van der Waals surface area (Å²) in [5.41, 5.74) is 2.88. The number of hydrogen-bond acceptors (Lipinski definition) is 3. The predicted octanol–water partition coefficient (Wildman–Crippen LogP) is 3.72. The second kappa shape index (κ2) is 6.14. The minimum atomic E-state index is -1.01. The lowest BCUT2D eigenvalue weighted by molar-refractivity contribution is 0.0663. The minimum Gasteiger partial charge on any atom is -0.475 e. The van der Waals surface area contributed by atoms with Gasteiger partial charge in [0.1, 0.15) is 5.58 Å². The highest BCUT2D eigenvalue weighted by Crippen LogP contribution is 2.26. The molecule has 2 aromatic rings. The summed E-state index contributed by atoms with van der Waals surface area (Å²) in [4.78, 5) is 11.3. The van der Waals surface area contributed by atoms with E-state index in [2.05, 4.69) is 11.4 Å². The molecule has 1 aromatic carbocycles. The van der Waals surface area contributed by atoms with Gasteiger partial charge >= 0.3 is 5.97 Å². The van der Waals surface area contributed by atoms with Crippen LogP contribution in [-0.2, 0) is 6.54 Å². The number of benzene rings is 1. The highest BCUT2D eigenvalue weighted by Gasteiger charge is 2.19. The summed E-state index contributed by atoms with van der Waals surface area (Å²) >= 11 is 0. The summed E-state index contributed by atoms with van der Waals surface area (Å²) in [5.74, 6) is -0.967. The zero-order chi connectivity index (χ0) is 14.7. The number of carbonyl (C=O) groups is 1. The molecule has 0 atom stereocenters. The van der Waals surface area contributed by atoms with E-state index in [-0.39, 0.29) is 5.76 Å². The smallest absolute Gasteiger partial charge is 0.372 e. The van der Waals surface area contributed by atoms with Crippen LogP contribution in [0.4, 0.5) is 0 Å². The number of aromatic carboxylic acids is 1. The van der Waals surface area contributed by atoms with Crippen LogP contribution in [0.15, 0.2) is 40.3 Å². The first-order valence-electron chi connectivity index (χ1n) is 7.38. The lowest BCUT2D eigenvalue weighted by atomic mass is 10.1. The molecule has 0 aliphatic heterocycles. The lowest BCUT2D eigenvalue weighted by Gasteiger charge is -2.05. The van der Waals surface area contributed by atoms with Gasteiger partial charge in [-0.2, -0.15) is 0 Å². The van der Waals surface area contributed by atoms with Gasteiger partial charge in [-0.15, -0.1) is 0 Å². The van der Waals surface area contributed by atoms with Crippen molar-refractivity contribution >= 4 is 16.9 Å². The van der Waals surface area contributed by atoms with Crippen molar-refractivity contribution in [1.82, 2.24) is 5.32 Å². The molecule has 110 valence electrons. The standard InChI is InChI=1S/C17H19NO3/c19-17(20)16-14(13-7-3-4-8-15(13)21-16)11-18-10-9-12-5-1-2-6-12/h3-5,7-8,18H,1-2,6,9-11H2,(H,19,20). The van der Waals surface area contributed by atoms with Crippen LogP contribution in [0.2, 0.25) is 0 Å². The van der Waals surface area contributed by atoms with Crippen molar-refractivity contribution in [2.75, 3.05) is 6.54 Å². The van der Waals surface area contributed by atoms with Crippen LogP contribution in [0.3, 0.4) is 0 Å². The molecule has 21 heavy (non-hydrogen) atoms. The second-order valence-electron chi connectivity index (χ2n) is 5.39. The molecule has 0 saturated heterocycles. The Balaban J connectivity index is 1.70. The fourth-order valence-electron chi connectivity index (χ4n) is 2.87. The van der Waals surface area contributed by atoms with Crippen molar-refractivity contribution in [3.05, 3.63) is 47.2 Å². The van der Waals surface area contributed by atoms with Crippen molar-refractivity contribution in [3.8, 4) is 0 Å². The molecule has 0 unspecified atom stereocenters. The van der Waals surface area contributed by atoms with Crippen LogP contribution >= 0.6 is 0 Å². The van der Waals surface area contributed by atoms with E-state index in [0.29, 0.717) is 12.1 Å². The number of furan rings is 1. The summed E-state index contributed by atoms with van der Waals surface area (Å²) in [6.07, 6.45) is 7.03. The lowest BCUT2D eigenvalue weighted by Crippen LogP contribution is -2.16. The zero-order valence-corrected chi connectivity index (χ0v) is 11.9. The molecule has 1 aliphatic rings. The van der Waals surface area contributed by atoms with Gasteiger partial charge in [0.05, 0.1) is 0 Å². The van der Waals surface area contributed by atoms with Crippen LogP contribution < -0.4 is 5.32 Å². The van der Waals surface area contributed by atoms with Crippen LogP contribution in [-0.4, -0.2) is 17.6 Å². The number of fused-ring (bicyclic) bond motifs is 1. The van der Waals surface area contributed by atoms with Gasteiger partial charge in [-0.05, 0) is 38.3 Å².